The van der Waals surface area contributed by atoms with Crippen LogP contribution in [0.1, 0.15) is 35.6 Å². The molecular weight excluding hydrogens is 825 g/mol. The number of anilines is 2. The Kier molecular flexibility index (Phi) is 12.6. The molecular formula is C43H45ClF5N7O5. The number of carboxylic acid groups (broad SMARTS) is 1. The number of hydrogen-bond donors (Lipinski definition) is 1. The van der Waals surface area contributed by atoms with Gasteiger partial charge in [-0.1, -0.05) is 35.9 Å². The van der Waals surface area contributed by atoms with Gasteiger partial charge in [-0.2, -0.15) is 23.1 Å². The minimum absolute atomic E-state index is 0.0501. The molecule has 3 aromatic carbocycles. The van der Waals surface area contributed by atoms with E-state index in [0.29, 0.717) is 11.5 Å². The molecule has 0 saturated carbocycles. The van der Waals surface area contributed by atoms with Gasteiger partial charge in [0, 0.05) is 56.7 Å². The summed E-state index contributed by atoms with van der Waals surface area (Å²) in [5.41, 5.74) is -1.57. The van der Waals surface area contributed by atoms with Gasteiger partial charge in [0.2, 0.25) is 0 Å². The van der Waals surface area contributed by atoms with Crippen LogP contribution in [0.4, 0.5) is 38.4 Å². The number of fused-ring (bicyclic) bond motifs is 1. The van der Waals surface area contributed by atoms with Crippen LogP contribution in [-0.4, -0.2) is 108 Å². The third kappa shape index (κ3) is 9.32. The highest BCUT2D eigenvalue weighted by atomic mass is 35.5. The van der Waals surface area contributed by atoms with E-state index in [9.17, 15) is 14.3 Å². The topological polar surface area (TPSA) is 117 Å². The molecule has 1 N–H and O–H groups in total. The number of carbonyl (C=O) groups is 1. The third-order valence-corrected chi connectivity index (χ3v) is 11.5. The second kappa shape index (κ2) is 17.7. The third-order valence-electron chi connectivity index (χ3n) is 11.2. The second-order valence-electron chi connectivity index (χ2n) is 15.4. The zero-order valence-electron chi connectivity index (χ0n) is 34.1. The number of likely N-dealkylation sites (tertiary alicyclic amines) is 1. The van der Waals surface area contributed by atoms with Crippen LogP contribution in [-0.2, 0) is 19.3 Å². The van der Waals surface area contributed by atoms with E-state index >= 15 is 17.6 Å². The molecule has 2 fully saturated rings. The summed E-state index contributed by atoms with van der Waals surface area (Å²) in [6.07, 6.45) is -6.98. The maximum Gasteiger partial charge on any atom is 0.418 e. The summed E-state index contributed by atoms with van der Waals surface area (Å²) in [6, 6.07) is 15.9. The number of rotatable bonds is 12. The van der Waals surface area contributed by atoms with Gasteiger partial charge in [0.25, 0.3) is 0 Å². The van der Waals surface area contributed by atoms with Gasteiger partial charge in [0.15, 0.2) is 5.82 Å². The van der Waals surface area contributed by atoms with Gasteiger partial charge < -0.3 is 34.0 Å². The van der Waals surface area contributed by atoms with Gasteiger partial charge in [-0.05, 0) is 80.4 Å². The second-order valence-corrected chi connectivity index (χ2v) is 15.8. The van der Waals surface area contributed by atoms with Gasteiger partial charge in [-0.25, -0.2) is 18.6 Å². The monoisotopic (exact) mass is 869 g/mol. The number of benzene rings is 3. The Hall–Kier alpha value is -5.68. The summed E-state index contributed by atoms with van der Waals surface area (Å²) in [4.78, 5) is 32.0. The highest BCUT2D eigenvalue weighted by Crippen LogP contribution is 2.45. The van der Waals surface area contributed by atoms with Crippen LogP contribution in [0.3, 0.4) is 0 Å². The van der Waals surface area contributed by atoms with Crippen molar-refractivity contribution < 1.29 is 46.1 Å². The van der Waals surface area contributed by atoms with E-state index in [2.05, 4.69) is 15.0 Å². The lowest BCUT2D eigenvalue weighted by Crippen LogP contribution is -2.53. The molecule has 7 rings (SSSR count). The van der Waals surface area contributed by atoms with Crippen molar-refractivity contribution in [2.75, 3.05) is 63.9 Å². The zero-order chi connectivity index (χ0) is 43.7. The quantitative estimate of drug-likeness (QED) is 0.122. The lowest BCUT2D eigenvalue weighted by Gasteiger charge is -2.39. The van der Waals surface area contributed by atoms with Crippen molar-refractivity contribution in [3.05, 3.63) is 93.8 Å². The van der Waals surface area contributed by atoms with E-state index in [1.54, 1.807) is 67.2 Å². The van der Waals surface area contributed by atoms with Gasteiger partial charge in [-0.15, -0.1) is 0 Å². The SMILES string of the molecule is COc1ccc(CN(Cc2ccc(OC)cc2)c2cc(C)c(C(F)(F)F)c(-c3c(Cl)cc4c(N5CCN(C(=O)O)C[C@@H]5C)nc(OC[C@@H]5C[C@@H](F)CN5C)nc4c3F)n2)cc1. The molecule has 2 saturated heterocycles. The molecule has 0 spiro atoms. The van der Waals surface area contributed by atoms with Gasteiger partial charge >= 0.3 is 18.3 Å². The molecule has 3 atom stereocenters. The van der Waals surface area contributed by atoms with Crippen LogP contribution in [0, 0.1) is 12.7 Å². The molecule has 0 aliphatic carbocycles. The van der Waals surface area contributed by atoms with Crippen LogP contribution in [0.5, 0.6) is 17.5 Å². The maximum absolute atomic E-state index is 17.5. The normalized spacial score (nSPS) is 18.4. The number of piperazine rings is 1. The number of ether oxygens (including phenoxy) is 3. The Morgan fingerprint density at radius 3 is 2.10 bits per heavy atom. The molecule has 12 nitrogen and oxygen atoms in total. The summed E-state index contributed by atoms with van der Waals surface area (Å²) in [6.45, 7) is 3.93. The van der Waals surface area contributed by atoms with E-state index in [-0.39, 0.29) is 97.5 Å². The average Bonchev–Trinajstić information content (AvgIpc) is 3.55. The van der Waals surface area contributed by atoms with E-state index in [1.165, 1.54) is 24.0 Å². The van der Waals surface area contributed by atoms with Crippen LogP contribution in [0.2, 0.25) is 5.02 Å². The summed E-state index contributed by atoms with van der Waals surface area (Å²) < 4.78 is 93.9. The number of alkyl halides is 4. The molecule has 2 aliphatic heterocycles. The number of methoxy groups -OCH3 is 2. The fraction of sp³-hybridized carbons (Fsp3) is 0.395. The predicted molar refractivity (Wildman–Crippen MR) is 221 cm³/mol. The van der Waals surface area contributed by atoms with E-state index < -0.39 is 47.1 Å². The van der Waals surface area contributed by atoms with Crippen LogP contribution < -0.4 is 24.0 Å². The Morgan fingerprint density at radius 1 is 0.951 bits per heavy atom. The van der Waals surface area contributed by atoms with Gasteiger partial charge in [0.05, 0.1) is 36.1 Å². The Bertz CT molecular complexity index is 2340. The van der Waals surface area contributed by atoms with Gasteiger partial charge in [-0.3, -0.25) is 4.90 Å². The van der Waals surface area contributed by atoms with Crippen LogP contribution in [0.25, 0.3) is 22.2 Å². The molecule has 4 heterocycles. The van der Waals surface area contributed by atoms with Crippen molar-refractivity contribution >= 4 is 40.2 Å². The minimum atomic E-state index is -4.99. The van der Waals surface area contributed by atoms with E-state index in [0.717, 1.165) is 11.1 Å². The fourth-order valence-electron chi connectivity index (χ4n) is 7.96. The Balaban J connectivity index is 1.39. The standard InChI is InChI=1S/C43H45ClF5N7O5/c1-24-16-34(55(20-26-6-10-30(59-4)11-7-26)21-27-8-12-31(60-5)13-9-27)50-39(36(24)43(47,48)49)35-33(44)18-32-38(37(35)46)51-41(61-23-29-17-28(45)22-53(29)3)52-40(32)56-15-14-54(42(57)58)19-25(56)2/h6-13,16,18,25,28-29H,14-15,17,19-23H2,1-5H3,(H,57,58)/t25-,28+,29-/m0/s1. The van der Waals surface area contributed by atoms with Crippen molar-refractivity contribution in [3.63, 3.8) is 0 Å². The predicted octanol–water partition coefficient (Wildman–Crippen LogP) is 8.65. The van der Waals surface area contributed by atoms with Crippen molar-refractivity contribution in [2.24, 2.45) is 0 Å². The summed E-state index contributed by atoms with van der Waals surface area (Å²) >= 11 is 6.88. The number of halogens is 6. The number of aromatic nitrogens is 3. The molecule has 324 valence electrons. The van der Waals surface area contributed by atoms with Crippen LogP contribution in [0.15, 0.2) is 60.7 Å². The lowest BCUT2D eigenvalue weighted by atomic mass is 9.98. The van der Waals surface area contributed by atoms with Crippen molar-refractivity contribution in [3.8, 4) is 28.8 Å². The minimum Gasteiger partial charge on any atom is -0.497 e. The molecule has 61 heavy (non-hydrogen) atoms. The Morgan fingerprint density at radius 2 is 1.57 bits per heavy atom. The molecule has 0 bridgehead atoms. The molecule has 1 amide bonds. The summed E-state index contributed by atoms with van der Waals surface area (Å²) in [5.74, 6) is 0.309. The summed E-state index contributed by atoms with van der Waals surface area (Å²) in [5, 5.41) is 9.35. The van der Waals surface area contributed by atoms with Crippen molar-refractivity contribution in [1.82, 2.24) is 24.8 Å². The average molecular weight is 870 g/mol. The number of likely N-dealkylation sites (N-methyl/N-ethyl adjacent to an activating group) is 1. The smallest absolute Gasteiger partial charge is 0.418 e. The first-order valence-electron chi connectivity index (χ1n) is 19.6. The number of amides is 1. The fourth-order valence-corrected chi connectivity index (χ4v) is 8.24. The first kappa shape index (κ1) is 43.4. The molecule has 2 aliphatic rings. The summed E-state index contributed by atoms with van der Waals surface area (Å²) in [7, 11) is 4.83. The molecule has 0 unspecified atom stereocenters. The van der Waals surface area contributed by atoms with Crippen molar-refractivity contribution in [1.29, 1.82) is 0 Å². The molecule has 2 aromatic heterocycles. The van der Waals surface area contributed by atoms with E-state index in [1.807, 2.05) is 24.3 Å². The molecule has 0 radical (unpaired) electrons. The van der Waals surface area contributed by atoms with E-state index in [4.69, 9.17) is 25.8 Å². The molecule has 18 heteroatoms. The first-order chi connectivity index (χ1) is 29.0. The number of nitrogens with zero attached hydrogens (tertiary/aromatic N) is 7. The number of pyridine rings is 1. The maximum atomic E-state index is 17.5. The Labute approximate surface area is 354 Å². The zero-order valence-corrected chi connectivity index (χ0v) is 34.9. The van der Waals surface area contributed by atoms with Crippen LogP contribution >= 0.6 is 11.6 Å². The highest BCUT2D eigenvalue weighted by molar-refractivity contribution is 6.34. The lowest BCUT2D eigenvalue weighted by molar-refractivity contribution is -0.137. The number of hydrogen-bond acceptors (Lipinski definition) is 10. The highest BCUT2D eigenvalue weighted by Gasteiger charge is 2.40. The number of aryl methyl sites for hydroxylation is 1. The van der Waals surface area contributed by atoms with Gasteiger partial charge in [0.1, 0.15) is 41.4 Å². The first-order valence-corrected chi connectivity index (χ1v) is 19.9. The molecule has 5 aromatic rings. The van der Waals surface area contributed by atoms with Crippen molar-refractivity contribution in [2.45, 2.75) is 57.8 Å². The largest absolute Gasteiger partial charge is 0.497 e.